The third kappa shape index (κ3) is 5.89. The quantitative estimate of drug-likeness (QED) is 0.522. The largest absolute Gasteiger partial charge is 0.493 e. The smallest absolute Gasteiger partial charge is 0.337 e. The van der Waals surface area contributed by atoms with Crippen LogP contribution in [0, 0.1) is 0 Å². The average Bonchev–Trinajstić information content (AvgIpc) is 3.00. The van der Waals surface area contributed by atoms with Crippen LogP contribution >= 0.6 is 0 Å². The van der Waals surface area contributed by atoms with E-state index in [9.17, 15) is 14.4 Å². The number of nitrogens with one attached hydrogen (secondary N) is 3. The molecule has 35 heavy (non-hydrogen) atoms. The van der Waals surface area contributed by atoms with E-state index in [1.54, 1.807) is 45.5 Å². The fraction of sp³-hybridized carbons (Fsp3) is 0.360. The van der Waals surface area contributed by atoms with Gasteiger partial charge < -0.3 is 25.4 Å². The molecule has 0 aromatic heterocycles. The monoisotopic (exact) mass is 481 g/mol. The SMILES string of the molecule is CNC(=O)N1N=C(c2ccc(C(=O)NCCNC(C)=O)cc2)c2cc(OC)c(OC)cc2CC1C. The lowest BCUT2D eigenvalue weighted by Gasteiger charge is -2.22. The molecule has 0 saturated heterocycles. The Hall–Kier alpha value is -4.08. The zero-order valence-corrected chi connectivity index (χ0v) is 20.6. The molecular weight excluding hydrogens is 450 g/mol. The number of carbonyl (C=O) groups is 3. The van der Waals surface area contributed by atoms with Crippen LogP contribution in [0.3, 0.4) is 0 Å². The summed E-state index contributed by atoms with van der Waals surface area (Å²) in [5, 5.41) is 14.2. The first-order valence-electron chi connectivity index (χ1n) is 11.3. The predicted octanol–water partition coefficient (Wildman–Crippen LogP) is 1.91. The van der Waals surface area contributed by atoms with Crippen molar-refractivity contribution >= 4 is 23.6 Å². The molecule has 0 radical (unpaired) electrons. The number of hydrogen-bond donors (Lipinski definition) is 3. The van der Waals surface area contributed by atoms with Crippen LogP contribution in [0.4, 0.5) is 4.79 Å². The first-order chi connectivity index (χ1) is 16.8. The van der Waals surface area contributed by atoms with Crippen LogP contribution < -0.4 is 25.4 Å². The Kier molecular flexibility index (Phi) is 8.30. The molecular formula is C25H31N5O5. The van der Waals surface area contributed by atoms with E-state index in [1.807, 2.05) is 19.1 Å². The van der Waals surface area contributed by atoms with Crippen LogP contribution in [-0.4, -0.2) is 69.0 Å². The molecule has 0 spiro atoms. The Balaban J connectivity index is 1.98. The summed E-state index contributed by atoms with van der Waals surface area (Å²) in [6.07, 6.45) is 0.560. The van der Waals surface area contributed by atoms with E-state index in [0.29, 0.717) is 42.3 Å². The minimum atomic E-state index is -0.322. The van der Waals surface area contributed by atoms with Gasteiger partial charge in [-0.1, -0.05) is 12.1 Å². The van der Waals surface area contributed by atoms with Crippen LogP contribution in [0.1, 0.15) is 40.9 Å². The van der Waals surface area contributed by atoms with Crippen LogP contribution in [0.25, 0.3) is 0 Å². The Bertz CT molecular complexity index is 1130. The van der Waals surface area contributed by atoms with Gasteiger partial charge >= 0.3 is 6.03 Å². The summed E-state index contributed by atoms with van der Waals surface area (Å²) in [5.41, 5.74) is 3.55. The van der Waals surface area contributed by atoms with Crippen molar-refractivity contribution in [2.24, 2.45) is 5.10 Å². The van der Waals surface area contributed by atoms with Crippen LogP contribution in [0.5, 0.6) is 11.5 Å². The summed E-state index contributed by atoms with van der Waals surface area (Å²) in [6.45, 7) is 4.02. The third-order valence-electron chi connectivity index (χ3n) is 5.63. The average molecular weight is 482 g/mol. The summed E-state index contributed by atoms with van der Waals surface area (Å²) >= 11 is 0. The number of fused-ring (bicyclic) bond motifs is 1. The number of nitrogens with zero attached hydrogens (tertiary/aromatic N) is 2. The standard InChI is InChI=1S/C25H31N5O5/c1-15-12-19-13-21(34-4)22(35-5)14-20(19)23(29-30(15)25(33)26-3)17-6-8-18(9-7-17)24(32)28-11-10-27-16(2)31/h6-9,13-15H,10-12H2,1-5H3,(H,26,33)(H,27,31)(H,28,32). The van der Waals surface area contributed by atoms with Gasteiger partial charge in [0.15, 0.2) is 11.5 Å². The molecule has 0 aliphatic carbocycles. The first kappa shape index (κ1) is 25.5. The van der Waals surface area contributed by atoms with E-state index in [0.717, 1.165) is 16.7 Å². The molecule has 0 bridgehead atoms. The van der Waals surface area contributed by atoms with Crippen molar-refractivity contribution in [3.63, 3.8) is 0 Å². The number of benzene rings is 2. The molecule has 1 atom stereocenters. The van der Waals surface area contributed by atoms with E-state index < -0.39 is 0 Å². The summed E-state index contributed by atoms with van der Waals surface area (Å²) < 4.78 is 11.0. The number of carbonyl (C=O) groups excluding carboxylic acids is 3. The molecule has 1 aliphatic rings. The molecule has 0 fully saturated rings. The number of ether oxygens (including phenoxy) is 2. The zero-order chi connectivity index (χ0) is 25.5. The minimum Gasteiger partial charge on any atom is -0.493 e. The van der Waals surface area contributed by atoms with Crippen molar-refractivity contribution in [3.05, 3.63) is 58.7 Å². The van der Waals surface area contributed by atoms with Crippen molar-refractivity contribution in [2.75, 3.05) is 34.4 Å². The third-order valence-corrected chi connectivity index (χ3v) is 5.63. The predicted molar refractivity (Wildman–Crippen MR) is 132 cm³/mol. The molecule has 10 nitrogen and oxygen atoms in total. The summed E-state index contributed by atoms with van der Waals surface area (Å²) in [4.78, 5) is 36.0. The molecule has 3 N–H and O–H groups in total. The van der Waals surface area contributed by atoms with E-state index in [4.69, 9.17) is 14.6 Å². The molecule has 1 unspecified atom stereocenters. The van der Waals surface area contributed by atoms with Crippen molar-refractivity contribution < 1.29 is 23.9 Å². The van der Waals surface area contributed by atoms with Gasteiger partial charge in [-0.3, -0.25) is 9.59 Å². The zero-order valence-electron chi connectivity index (χ0n) is 20.6. The highest BCUT2D eigenvalue weighted by atomic mass is 16.5. The lowest BCUT2D eigenvalue weighted by molar-refractivity contribution is -0.118. The molecule has 2 aromatic carbocycles. The van der Waals surface area contributed by atoms with Gasteiger partial charge in [0.25, 0.3) is 5.91 Å². The second kappa shape index (κ2) is 11.4. The highest BCUT2D eigenvalue weighted by molar-refractivity contribution is 6.15. The van der Waals surface area contributed by atoms with Gasteiger partial charge in [-0.15, -0.1) is 0 Å². The van der Waals surface area contributed by atoms with Crippen molar-refractivity contribution in [3.8, 4) is 11.5 Å². The van der Waals surface area contributed by atoms with Gasteiger partial charge in [-0.2, -0.15) is 5.10 Å². The first-order valence-corrected chi connectivity index (χ1v) is 11.3. The number of methoxy groups -OCH3 is 2. The number of rotatable bonds is 7. The molecule has 4 amide bonds. The van der Waals surface area contributed by atoms with Gasteiger partial charge in [0, 0.05) is 43.8 Å². The van der Waals surface area contributed by atoms with Gasteiger partial charge in [-0.05, 0) is 43.2 Å². The normalized spacial score (nSPS) is 14.7. The summed E-state index contributed by atoms with van der Waals surface area (Å²) in [7, 11) is 4.71. The van der Waals surface area contributed by atoms with Gasteiger partial charge in [0.2, 0.25) is 5.91 Å². The van der Waals surface area contributed by atoms with E-state index in [1.165, 1.54) is 11.9 Å². The van der Waals surface area contributed by atoms with Gasteiger partial charge in [-0.25, -0.2) is 9.80 Å². The number of hydrogen-bond acceptors (Lipinski definition) is 6. The highest BCUT2D eigenvalue weighted by Gasteiger charge is 2.28. The molecule has 3 rings (SSSR count). The molecule has 0 saturated carbocycles. The van der Waals surface area contributed by atoms with Crippen LogP contribution in [0.15, 0.2) is 41.5 Å². The van der Waals surface area contributed by atoms with Crippen molar-refractivity contribution in [2.45, 2.75) is 26.3 Å². The minimum absolute atomic E-state index is 0.151. The molecule has 186 valence electrons. The van der Waals surface area contributed by atoms with Crippen molar-refractivity contribution in [1.29, 1.82) is 0 Å². The molecule has 1 heterocycles. The van der Waals surface area contributed by atoms with Gasteiger partial charge in [0.1, 0.15) is 0 Å². The maximum absolute atomic E-state index is 12.6. The molecule has 1 aliphatic heterocycles. The second-order valence-electron chi connectivity index (χ2n) is 8.08. The summed E-state index contributed by atoms with van der Waals surface area (Å²) in [6, 6.07) is 10.2. The van der Waals surface area contributed by atoms with E-state index in [-0.39, 0.29) is 23.9 Å². The fourth-order valence-corrected chi connectivity index (χ4v) is 3.84. The second-order valence-corrected chi connectivity index (χ2v) is 8.08. The van der Waals surface area contributed by atoms with Crippen LogP contribution in [-0.2, 0) is 11.2 Å². The topological polar surface area (TPSA) is 121 Å². The Labute approximate surface area is 204 Å². The van der Waals surface area contributed by atoms with E-state index >= 15 is 0 Å². The maximum atomic E-state index is 12.6. The maximum Gasteiger partial charge on any atom is 0.337 e. The number of urea groups is 1. The molecule has 2 aromatic rings. The van der Waals surface area contributed by atoms with E-state index in [2.05, 4.69) is 16.0 Å². The Morgan fingerprint density at radius 1 is 1.03 bits per heavy atom. The summed E-state index contributed by atoms with van der Waals surface area (Å²) in [5.74, 6) is 0.743. The lowest BCUT2D eigenvalue weighted by atomic mass is 9.93. The number of amides is 4. The fourth-order valence-electron chi connectivity index (χ4n) is 3.84. The highest BCUT2D eigenvalue weighted by Crippen LogP contribution is 2.34. The van der Waals surface area contributed by atoms with Crippen LogP contribution in [0.2, 0.25) is 0 Å². The van der Waals surface area contributed by atoms with Gasteiger partial charge in [0.05, 0.1) is 26.0 Å². The Morgan fingerprint density at radius 2 is 1.66 bits per heavy atom. The van der Waals surface area contributed by atoms with Crippen molar-refractivity contribution in [1.82, 2.24) is 21.0 Å². The Morgan fingerprint density at radius 3 is 2.26 bits per heavy atom. The number of hydrazone groups is 1. The molecule has 10 heteroatoms. The lowest BCUT2D eigenvalue weighted by Crippen LogP contribution is -2.41.